The summed E-state index contributed by atoms with van der Waals surface area (Å²) in [6.45, 7) is 6.86. The maximum atomic E-state index is 12.0. The molecule has 3 rings (SSSR count). The fourth-order valence-electron chi connectivity index (χ4n) is 3.17. The molecule has 0 aromatic carbocycles. The molecular weight excluding hydrogens is 316 g/mol. The Hall–Kier alpha value is -2.34. The average Bonchev–Trinajstić information content (AvgIpc) is 3.15. The quantitative estimate of drug-likeness (QED) is 0.833. The molecule has 0 radical (unpaired) electrons. The van der Waals surface area contributed by atoms with Crippen molar-refractivity contribution < 1.29 is 9.21 Å². The second-order valence-corrected chi connectivity index (χ2v) is 6.52. The van der Waals surface area contributed by atoms with Crippen molar-refractivity contribution in [2.75, 3.05) is 37.6 Å². The van der Waals surface area contributed by atoms with Crippen LogP contribution in [-0.4, -0.2) is 54.6 Å². The van der Waals surface area contributed by atoms with Crippen LogP contribution in [0.25, 0.3) is 0 Å². The Bertz CT molecular complexity index is 637. The van der Waals surface area contributed by atoms with Gasteiger partial charge < -0.3 is 14.6 Å². The lowest BCUT2D eigenvalue weighted by Crippen LogP contribution is -2.51. The lowest BCUT2D eigenvalue weighted by atomic mass is 10.2. The predicted molar refractivity (Wildman–Crippen MR) is 97.5 cm³/mol. The largest absolute Gasteiger partial charge is 0.469 e. The van der Waals surface area contributed by atoms with Crippen LogP contribution >= 0.6 is 0 Å². The number of anilines is 1. The van der Waals surface area contributed by atoms with Crippen molar-refractivity contribution in [1.29, 1.82) is 0 Å². The van der Waals surface area contributed by atoms with Crippen LogP contribution in [0.15, 0.2) is 47.2 Å². The minimum absolute atomic E-state index is 0.0796. The van der Waals surface area contributed by atoms with Crippen molar-refractivity contribution in [1.82, 2.24) is 15.2 Å². The zero-order valence-corrected chi connectivity index (χ0v) is 14.7. The molecule has 1 saturated heterocycles. The number of carbonyl (C=O) groups is 1. The van der Waals surface area contributed by atoms with Crippen molar-refractivity contribution >= 4 is 11.7 Å². The number of amides is 1. The molecule has 1 aliphatic rings. The molecule has 1 atom stereocenters. The van der Waals surface area contributed by atoms with Crippen LogP contribution in [0.4, 0.5) is 5.82 Å². The van der Waals surface area contributed by atoms with E-state index in [1.165, 1.54) is 0 Å². The van der Waals surface area contributed by atoms with Crippen LogP contribution < -0.4 is 10.2 Å². The standard InChI is InChI=1S/C19H26N4O2/c1-16(21-19(24)8-7-17-5-4-14-25-17)15-22-10-12-23(13-11-22)18-6-2-3-9-20-18/h2-6,9,14,16H,7-8,10-13,15H2,1H3,(H,21,24)/t16-/m1/s1. The van der Waals surface area contributed by atoms with Gasteiger partial charge in [-0.2, -0.15) is 0 Å². The van der Waals surface area contributed by atoms with E-state index in [-0.39, 0.29) is 11.9 Å². The van der Waals surface area contributed by atoms with Crippen LogP contribution in [0, 0.1) is 0 Å². The summed E-state index contributed by atoms with van der Waals surface area (Å²) in [6.07, 6.45) is 4.59. The number of pyridine rings is 1. The van der Waals surface area contributed by atoms with E-state index in [9.17, 15) is 4.79 Å². The van der Waals surface area contributed by atoms with Crippen LogP contribution in [0.1, 0.15) is 19.1 Å². The molecule has 0 saturated carbocycles. The third-order valence-corrected chi connectivity index (χ3v) is 4.46. The van der Waals surface area contributed by atoms with Crippen molar-refractivity contribution in [3.8, 4) is 0 Å². The third-order valence-electron chi connectivity index (χ3n) is 4.46. The van der Waals surface area contributed by atoms with E-state index in [1.54, 1.807) is 6.26 Å². The molecule has 1 aliphatic heterocycles. The number of aryl methyl sites for hydroxylation is 1. The maximum Gasteiger partial charge on any atom is 0.220 e. The molecular formula is C19H26N4O2. The van der Waals surface area contributed by atoms with Gasteiger partial charge in [-0.25, -0.2) is 4.98 Å². The molecule has 6 nitrogen and oxygen atoms in total. The highest BCUT2D eigenvalue weighted by atomic mass is 16.3. The van der Waals surface area contributed by atoms with Gasteiger partial charge in [-0.1, -0.05) is 6.07 Å². The molecule has 0 unspecified atom stereocenters. The Morgan fingerprint density at radius 3 is 2.76 bits per heavy atom. The lowest BCUT2D eigenvalue weighted by Gasteiger charge is -2.36. The summed E-state index contributed by atoms with van der Waals surface area (Å²) >= 11 is 0. The van der Waals surface area contributed by atoms with E-state index in [0.717, 1.165) is 44.3 Å². The number of nitrogens with one attached hydrogen (secondary N) is 1. The summed E-state index contributed by atoms with van der Waals surface area (Å²) in [4.78, 5) is 21.2. The number of rotatable bonds is 7. The molecule has 25 heavy (non-hydrogen) atoms. The minimum Gasteiger partial charge on any atom is -0.469 e. The molecule has 1 fully saturated rings. The summed E-state index contributed by atoms with van der Waals surface area (Å²) in [5.41, 5.74) is 0. The summed E-state index contributed by atoms with van der Waals surface area (Å²) < 4.78 is 5.26. The zero-order valence-electron chi connectivity index (χ0n) is 14.7. The highest BCUT2D eigenvalue weighted by Gasteiger charge is 2.20. The van der Waals surface area contributed by atoms with E-state index in [4.69, 9.17) is 4.42 Å². The maximum absolute atomic E-state index is 12.0. The SMILES string of the molecule is C[C@H](CN1CCN(c2ccccn2)CC1)NC(=O)CCc1ccco1. The van der Waals surface area contributed by atoms with Gasteiger partial charge in [0.1, 0.15) is 11.6 Å². The van der Waals surface area contributed by atoms with Gasteiger partial charge in [0.25, 0.3) is 0 Å². The van der Waals surface area contributed by atoms with Gasteiger partial charge in [-0.3, -0.25) is 9.69 Å². The summed E-state index contributed by atoms with van der Waals surface area (Å²) in [6, 6.07) is 9.91. The lowest BCUT2D eigenvalue weighted by molar-refractivity contribution is -0.121. The summed E-state index contributed by atoms with van der Waals surface area (Å²) in [5.74, 6) is 1.98. The molecule has 6 heteroatoms. The topological polar surface area (TPSA) is 61.6 Å². The number of nitrogens with zero attached hydrogens (tertiary/aromatic N) is 3. The van der Waals surface area contributed by atoms with Crippen LogP contribution in [0.5, 0.6) is 0 Å². The summed E-state index contributed by atoms with van der Waals surface area (Å²) in [7, 11) is 0. The smallest absolute Gasteiger partial charge is 0.220 e. The molecule has 0 spiro atoms. The zero-order chi connectivity index (χ0) is 17.5. The minimum atomic E-state index is 0.0796. The highest BCUT2D eigenvalue weighted by Crippen LogP contribution is 2.12. The van der Waals surface area contributed by atoms with Crippen molar-refractivity contribution in [3.63, 3.8) is 0 Å². The third kappa shape index (κ3) is 5.32. The van der Waals surface area contributed by atoms with Gasteiger partial charge in [0.2, 0.25) is 5.91 Å². The van der Waals surface area contributed by atoms with Gasteiger partial charge in [0.05, 0.1) is 6.26 Å². The number of hydrogen-bond acceptors (Lipinski definition) is 5. The molecule has 3 heterocycles. The Labute approximate surface area is 148 Å². The second-order valence-electron chi connectivity index (χ2n) is 6.52. The van der Waals surface area contributed by atoms with Gasteiger partial charge in [-0.15, -0.1) is 0 Å². The van der Waals surface area contributed by atoms with E-state index in [2.05, 4.69) is 33.1 Å². The van der Waals surface area contributed by atoms with E-state index in [0.29, 0.717) is 12.8 Å². The monoisotopic (exact) mass is 342 g/mol. The van der Waals surface area contributed by atoms with Gasteiger partial charge in [-0.05, 0) is 31.2 Å². The first-order valence-electron chi connectivity index (χ1n) is 8.91. The summed E-state index contributed by atoms with van der Waals surface area (Å²) in [5, 5.41) is 3.08. The Kier molecular flexibility index (Phi) is 6.06. The fraction of sp³-hybridized carbons (Fsp3) is 0.474. The van der Waals surface area contributed by atoms with Crippen LogP contribution in [-0.2, 0) is 11.2 Å². The normalized spacial score (nSPS) is 16.6. The average molecular weight is 342 g/mol. The first kappa shape index (κ1) is 17.5. The Morgan fingerprint density at radius 1 is 1.24 bits per heavy atom. The van der Waals surface area contributed by atoms with Crippen molar-refractivity contribution in [2.24, 2.45) is 0 Å². The predicted octanol–water partition coefficient (Wildman–Crippen LogP) is 1.93. The number of hydrogen-bond donors (Lipinski definition) is 1. The molecule has 1 N–H and O–H groups in total. The van der Waals surface area contributed by atoms with E-state index < -0.39 is 0 Å². The van der Waals surface area contributed by atoms with Crippen LogP contribution in [0.3, 0.4) is 0 Å². The first-order valence-corrected chi connectivity index (χ1v) is 8.91. The second kappa shape index (κ2) is 8.67. The first-order chi connectivity index (χ1) is 12.2. The Morgan fingerprint density at radius 2 is 2.08 bits per heavy atom. The van der Waals surface area contributed by atoms with Gasteiger partial charge in [0.15, 0.2) is 0 Å². The number of aromatic nitrogens is 1. The highest BCUT2D eigenvalue weighted by molar-refractivity contribution is 5.76. The number of piperazine rings is 1. The van der Waals surface area contributed by atoms with Crippen molar-refractivity contribution in [2.45, 2.75) is 25.8 Å². The molecule has 0 aliphatic carbocycles. The number of carbonyl (C=O) groups excluding carboxylic acids is 1. The Balaban J connectivity index is 1.36. The molecule has 1 amide bonds. The number of furan rings is 1. The van der Waals surface area contributed by atoms with E-state index >= 15 is 0 Å². The van der Waals surface area contributed by atoms with Crippen molar-refractivity contribution in [3.05, 3.63) is 48.6 Å². The van der Waals surface area contributed by atoms with E-state index in [1.807, 2.05) is 30.5 Å². The molecule has 0 bridgehead atoms. The van der Waals surface area contributed by atoms with Gasteiger partial charge >= 0.3 is 0 Å². The van der Waals surface area contributed by atoms with Crippen LogP contribution in [0.2, 0.25) is 0 Å². The van der Waals surface area contributed by atoms with Gasteiger partial charge in [0, 0.05) is 57.8 Å². The molecule has 2 aromatic heterocycles. The fourth-order valence-corrected chi connectivity index (χ4v) is 3.17. The molecule has 2 aromatic rings. The molecule has 134 valence electrons.